The van der Waals surface area contributed by atoms with Gasteiger partial charge in [-0.2, -0.15) is 0 Å². The Kier molecular flexibility index (Phi) is 3.10. The molecule has 0 aliphatic carbocycles. The molecule has 0 spiro atoms. The predicted molar refractivity (Wildman–Crippen MR) is 102 cm³/mol. The summed E-state index contributed by atoms with van der Waals surface area (Å²) in [5, 5.41) is 1.13. The molecule has 0 atom stereocenters. The average molecular weight is 321 g/mol. The maximum Gasteiger partial charge on any atom is 0.164 e. The van der Waals surface area contributed by atoms with E-state index < -0.39 is 0 Å². The number of benzene rings is 3. The second-order valence-electron chi connectivity index (χ2n) is 5.98. The standard InChI is InChI=1S/C22H15N3/c1-2-9-17(10-3-1)25-21-13-7-6-12-19(21)24-22(25)20-15-14-16-8-4-5-11-18(16)23-20/h1-15H. The molecule has 118 valence electrons. The summed E-state index contributed by atoms with van der Waals surface area (Å²) in [4.78, 5) is 9.71. The van der Waals surface area contributed by atoms with Crippen LogP contribution in [-0.2, 0) is 0 Å². The quantitative estimate of drug-likeness (QED) is 0.445. The van der Waals surface area contributed by atoms with Gasteiger partial charge in [-0.3, -0.25) is 4.57 Å². The number of rotatable bonds is 2. The Hall–Kier alpha value is -3.46. The maximum atomic E-state index is 4.87. The van der Waals surface area contributed by atoms with E-state index in [9.17, 15) is 0 Å². The van der Waals surface area contributed by atoms with Crippen molar-refractivity contribution in [3.63, 3.8) is 0 Å². The SMILES string of the molecule is c1ccc(-n2c(-c3ccc4ccccc4n3)nc3ccccc32)cc1. The zero-order valence-corrected chi connectivity index (χ0v) is 13.5. The van der Waals surface area contributed by atoms with Crippen LogP contribution in [0.3, 0.4) is 0 Å². The fraction of sp³-hybridized carbons (Fsp3) is 0. The maximum absolute atomic E-state index is 4.87. The van der Waals surface area contributed by atoms with Crippen molar-refractivity contribution in [2.45, 2.75) is 0 Å². The van der Waals surface area contributed by atoms with Gasteiger partial charge in [-0.05, 0) is 36.4 Å². The molecule has 3 aromatic carbocycles. The lowest BCUT2D eigenvalue weighted by atomic mass is 10.2. The Bertz CT molecular complexity index is 1190. The minimum atomic E-state index is 0.859. The first-order valence-corrected chi connectivity index (χ1v) is 8.29. The predicted octanol–water partition coefficient (Wildman–Crippen LogP) is 5.24. The Labute approximate surface area is 145 Å². The van der Waals surface area contributed by atoms with Crippen LogP contribution in [0.2, 0.25) is 0 Å². The fourth-order valence-electron chi connectivity index (χ4n) is 3.23. The largest absolute Gasteiger partial charge is 0.291 e. The number of nitrogens with zero attached hydrogens (tertiary/aromatic N) is 3. The molecule has 0 N–H and O–H groups in total. The number of hydrogen-bond donors (Lipinski definition) is 0. The summed E-state index contributed by atoms with van der Waals surface area (Å²) < 4.78 is 2.17. The van der Waals surface area contributed by atoms with Crippen LogP contribution in [0.15, 0.2) is 91.0 Å². The highest BCUT2D eigenvalue weighted by molar-refractivity contribution is 5.85. The van der Waals surface area contributed by atoms with E-state index in [2.05, 4.69) is 34.9 Å². The molecule has 5 rings (SSSR count). The molecule has 0 amide bonds. The number of para-hydroxylation sites is 4. The van der Waals surface area contributed by atoms with Crippen LogP contribution >= 0.6 is 0 Å². The number of hydrogen-bond acceptors (Lipinski definition) is 2. The number of imidazole rings is 1. The van der Waals surface area contributed by atoms with Crippen LogP contribution in [0, 0.1) is 0 Å². The van der Waals surface area contributed by atoms with E-state index in [0.29, 0.717) is 0 Å². The van der Waals surface area contributed by atoms with Gasteiger partial charge in [0.1, 0.15) is 5.69 Å². The van der Waals surface area contributed by atoms with Crippen LogP contribution in [-0.4, -0.2) is 14.5 Å². The van der Waals surface area contributed by atoms with Crippen molar-refractivity contribution >= 4 is 21.9 Å². The zero-order valence-electron chi connectivity index (χ0n) is 13.5. The molecule has 3 nitrogen and oxygen atoms in total. The topological polar surface area (TPSA) is 30.7 Å². The molecule has 25 heavy (non-hydrogen) atoms. The van der Waals surface area contributed by atoms with Crippen LogP contribution in [0.5, 0.6) is 0 Å². The summed E-state index contributed by atoms with van der Waals surface area (Å²) in [6.07, 6.45) is 0. The summed E-state index contributed by atoms with van der Waals surface area (Å²) in [5.74, 6) is 0.859. The molecule has 2 heterocycles. The monoisotopic (exact) mass is 321 g/mol. The molecule has 0 radical (unpaired) electrons. The van der Waals surface area contributed by atoms with Crippen molar-refractivity contribution in [2.75, 3.05) is 0 Å². The lowest BCUT2D eigenvalue weighted by Gasteiger charge is -2.09. The molecule has 5 aromatic rings. The second-order valence-corrected chi connectivity index (χ2v) is 5.98. The van der Waals surface area contributed by atoms with E-state index in [-0.39, 0.29) is 0 Å². The lowest BCUT2D eigenvalue weighted by Crippen LogP contribution is -1.98. The minimum absolute atomic E-state index is 0.859. The van der Waals surface area contributed by atoms with Gasteiger partial charge in [-0.15, -0.1) is 0 Å². The highest BCUT2D eigenvalue weighted by atomic mass is 15.1. The van der Waals surface area contributed by atoms with Gasteiger partial charge >= 0.3 is 0 Å². The van der Waals surface area contributed by atoms with Crippen molar-refractivity contribution in [1.82, 2.24) is 14.5 Å². The number of fused-ring (bicyclic) bond motifs is 2. The van der Waals surface area contributed by atoms with Crippen LogP contribution < -0.4 is 0 Å². The first-order valence-electron chi connectivity index (χ1n) is 8.29. The van der Waals surface area contributed by atoms with Gasteiger partial charge in [0, 0.05) is 11.1 Å². The summed E-state index contributed by atoms with van der Waals surface area (Å²) in [5.41, 5.74) is 4.99. The van der Waals surface area contributed by atoms with E-state index in [1.54, 1.807) is 0 Å². The van der Waals surface area contributed by atoms with E-state index in [1.165, 1.54) is 0 Å². The third kappa shape index (κ3) is 2.29. The minimum Gasteiger partial charge on any atom is -0.291 e. The molecule has 2 aromatic heterocycles. The van der Waals surface area contributed by atoms with E-state index in [0.717, 1.165) is 39.1 Å². The third-order valence-electron chi connectivity index (χ3n) is 4.40. The highest BCUT2D eigenvalue weighted by Gasteiger charge is 2.15. The normalized spacial score (nSPS) is 11.2. The smallest absolute Gasteiger partial charge is 0.164 e. The summed E-state index contributed by atoms with van der Waals surface area (Å²) >= 11 is 0. The zero-order chi connectivity index (χ0) is 16.6. The molecular weight excluding hydrogens is 306 g/mol. The molecule has 3 heteroatoms. The summed E-state index contributed by atoms with van der Waals surface area (Å²) in [7, 11) is 0. The van der Waals surface area contributed by atoms with Gasteiger partial charge in [0.15, 0.2) is 5.82 Å². The van der Waals surface area contributed by atoms with Gasteiger partial charge in [0.2, 0.25) is 0 Å². The Morgan fingerprint density at radius 3 is 2.16 bits per heavy atom. The molecule has 0 saturated carbocycles. The van der Waals surface area contributed by atoms with Gasteiger partial charge in [-0.25, -0.2) is 9.97 Å². The van der Waals surface area contributed by atoms with Crippen LogP contribution in [0.4, 0.5) is 0 Å². The lowest BCUT2D eigenvalue weighted by molar-refractivity contribution is 1.09. The number of pyridine rings is 1. The molecular formula is C22H15N3. The second kappa shape index (κ2) is 5.56. The highest BCUT2D eigenvalue weighted by Crippen LogP contribution is 2.28. The molecule has 0 unspecified atom stereocenters. The first-order chi connectivity index (χ1) is 12.4. The van der Waals surface area contributed by atoms with Gasteiger partial charge in [0.05, 0.1) is 16.6 Å². The van der Waals surface area contributed by atoms with Crippen LogP contribution in [0.1, 0.15) is 0 Å². The van der Waals surface area contributed by atoms with Crippen molar-refractivity contribution in [1.29, 1.82) is 0 Å². The summed E-state index contributed by atoms with van der Waals surface area (Å²) in [6.45, 7) is 0. The molecule has 0 bridgehead atoms. The molecule has 0 saturated heterocycles. The third-order valence-corrected chi connectivity index (χ3v) is 4.40. The number of aromatic nitrogens is 3. The first kappa shape index (κ1) is 13.9. The molecule has 0 fully saturated rings. The van der Waals surface area contributed by atoms with Gasteiger partial charge in [-0.1, -0.05) is 54.6 Å². The van der Waals surface area contributed by atoms with Crippen molar-refractivity contribution < 1.29 is 0 Å². The van der Waals surface area contributed by atoms with Gasteiger partial charge < -0.3 is 0 Å². The van der Waals surface area contributed by atoms with Gasteiger partial charge in [0.25, 0.3) is 0 Å². The molecule has 0 aliphatic rings. The van der Waals surface area contributed by atoms with E-state index in [4.69, 9.17) is 9.97 Å². The van der Waals surface area contributed by atoms with Crippen molar-refractivity contribution in [3.8, 4) is 17.2 Å². The Morgan fingerprint density at radius 2 is 1.28 bits per heavy atom. The van der Waals surface area contributed by atoms with E-state index in [1.807, 2.05) is 60.7 Å². The van der Waals surface area contributed by atoms with Crippen molar-refractivity contribution in [2.24, 2.45) is 0 Å². The van der Waals surface area contributed by atoms with E-state index >= 15 is 0 Å². The molecule has 0 aliphatic heterocycles. The van der Waals surface area contributed by atoms with Crippen LogP contribution in [0.25, 0.3) is 39.1 Å². The average Bonchev–Trinajstić information content (AvgIpc) is 3.08. The summed E-state index contributed by atoms with van der Waals surface area (Å²) in [6, 6.07) is 30.8. The van der Waals surface area contributed by atoms with Crippen molar-refractivity contribution in [3.05, 3.63) is 91.0 Å². The fourth-order valence-corrected chi connectivity index (χ4v) is 3.23. The Morgan fingerprint density at radius 1 is 0.560 bits per heavy atom. The Balaban J connectivity index is 1.83.